The molecular weight excluding hydrogens is 623 g/mol. The van der Waals surface area contributed by atoms with Crippen molar-refractivity contribution in [3.8, 4) is 23.6 Å². The van der Waals surface area contributed by atoms with Crippen molar-refractivity contribution in [2.75, 3.05) is 13.1 Å². The van der Waals surface area contributed by atoms with Gasteiger partial charge >= 0.3 is 5.97 Å². The first-order chi connectivity index (χ1) is 23.2. The van der Waals surface area contributed by atoms with Gasteiger partial charge in [-0.25, -0.2) is 18.2 Å². The van der Waals surface area contributed by atoms with Gasteiger partial charge in [0, 0.05) is 31.6 Å². The number of aliphatic carboxylic acids is 1. The quantitative estimate of drug-likeness (QED) is 0.135. The summed E-state index contributed by atoms with van der Waals surface area (Å²) in [5.41, 5.74) is 1.54. The predicted octanol–water partition coefficient (Wildman–Crippen LogP) is 7.05. The summed E-state index contributed by atoms with van der Waals surface area (Å²) in [7, 11) is 0. The Bertz CT molecular complexity index is 1840. The minimum Gasteiger partial charge on any atom is -0.490 e. The van der Waals surface area contributed by atoms with E-state index >= 15 is 4.39 Å². The van der Waals surface area contributed by atoms with Crippen molar-refractivity contribution in [3.05, 3.63) is 88.5 Å². The van der Waals surface area contributed by atoms with E-state index in [1.165, 1.54) is 24.3 Å². The number of carbonyl (C=O) groups is 1. The first-order valence-electron chi connectivity index (χ1n) is 16.0. The fourth-order valence-electron chi connectivity index (χ4n) is 5.91. The van der Waals surface area contributed by atoms with Gasteiger partial charge in [-0.15, -0.1) is 0 Å². The monoisotopic (exact) mass is 659 g/mol. The standard InChI is InChI=1S/C36H36F3N5O4/c37-29-8-7-28(20-26(29)23-47-33-9-6-24(21-41)16-30(33)38)48-27-10-14-43(15-11-27)22-34-42-36-31(39)17-25(19-35(45)46)18-32(36)44(34)13-5-3-1-2-4-12-40/h6-9,16-18,20,27H,1-5,10-11,13-15,19,22-23H2,(H,45,46). The second-order valence-corrected chi connectivity index (χ2v) is 11.9. The molecule has 48 heavy (non-hydrogen) atoms. The molecule has 0 spiro atoms. The van der Waals surface area contributed by atoms with Gasteiger partial charge in [0.15, 0.2) is 17.4 Å². The first kappa shape index (κ1) is 34.3. The minimum absolute atomic E-state index is 0.0836. The van der Waals surface area contributed by atoms with Crippen LogP contribution in [0.4, 0.5) is 13.2 Å². The van der Waals surface area contributed by atoms with Crippen LogP contribution in [0.15, 0.2) is 48.5 Å². The van der Waals surface area contributed by atoms with Crippen LogP contribution in [0.1, 0.15) is 67.5 Å². The molecule has 9 nitrogen and oxygen atoms in total. The third-order valence-electron chi connectivity index (χ3n) is 8.39. The fraction of sp³-hybridized carbons (Fsp3) is 0.389. The third-order valence-corrected chi connectivity index (χ3v) is 8.39. The van der Waals surface area contributed by atoms with Gasteiger partial charge in [-0.05, 0) is 79.8 Å². The Labute approximate surface area is 276 Å². The van der Waals surface area contributed by atoms with Crippen LogP contribution < -0.4 is 9.47 Å². The van der Waals surface area contributed by atoms with Gasteiger partial charge in [0.25, 0.3) is 0 Å². The lowest BCUT2D eigenvalue weighted by Gasteiger charge is -2.32. The summed E-state index contributed by atoms with van der Waals surface area (Å²) in [5.74, 6) is -1.71. The molecule has 0 radical (unpaired) electrons. The van der Waals surface area contributed by atoms with Gasteiger partial charge in [0.05, 0.1) is 36.2 Å². The van der Waals surface area contributed by atoms with E-state index in [0.29, 0.717) is 68.1 Å². The Morgan fingerprint density at radius 1 is 0.958 bits per heavy atom. The first-order valence-corrected chi connectivity index (χ1v) is 16.0. The number of imidazole rings is 1. The predicted molar refractivity (Wildman–Crippen MR) is 171 cm³/mol. The molecule has 0 atom stereocenters. The van der Waals surface area contributed by atoms with Gasteiger partial charge in [0.2, 0.25) is 0 Å². The SMILES string of the molecule is N#CCCCCCCn1c(CN2CCC(Oc3ccc(F)c(COc4ccc(C#N)cc4F)c3)CC2)nc2c(F)cc(CC(=O)O)cc21. The van der Waals surface area contributed by atoms with E-state index in [4.69, 9.17) is 20.0 Å². The maximum absolute atomic E-state index is 15.1. The molecule has 250 valence electrons. The van der Waals surface area contributed by atoms with E-state index in [2.05, 4.69) is 16.0 Å². The molecule has 5 rings (SSSR count). The number of aryl methyl sites for hydroxylation is 1. The zero-order valence-electron chi connectivity index (χ0n) is 26.4. The van der Waals surface area contributed by atoms with Crippen LogP contribution in [-0.2, 0) is 30.9 Å². The molecule has 1 saturated heterocycles. The summed E-state index contributed by atoms with van der Waals surface area (Å²) in [5, 5.41) is 27.0. The van der Waals surface area contributed by atoms with Crippen LogP contribution in [0, 0.1) is 40.1 Å². The average molecular weight is 660 g/mol. The molecule has 12 heteroatoms. The maximum Gasteiger partial charge on any atom is 0.307 e. The van der Waals surface area contributed by atoms with E-state index in [0.717, 1.165) is 31.7 Å². The maximum atomic E-state index is 15.1. The number of carboxylic acid groups (broad SMARTS) is 1. The van der Waals surface area contributed by atoms with E-state index in [-0.39, 0.29) is 41.5 Å². The number of nitriles is 2. The summed E-state index contributed by atoms with van der Waals surface area (Å²) in [4.78, 5) is 18.2. The average Bonchev–Trinajstić information content (AvgIpc) is 3.40. The number of hydrogen-bond acceptors (Lipinski definition) is 7. The van der Waals surface area contributed by atoms with Crippen molar-refractivity contribution >= 4 is 17.0 Å². The number of likely N-dealkylation sites (tertiary alicyclic amines) is 1. The third kappa shape index (κ3) is 8.84. The van der Waals surface area contributed by atoms with Gasteiger partial charge < -0.3 is 19.1 Å². The molecule has 0 saturated carbocycles. The lowest BCUT2D eigenvalue weighted by molar-refractivity contribution is -0.136. The highest BCUT2D eigenvalue weighted by Crippen LogP contribution is 2.27. The zero-order valence-corrected chi connectivity index (χ0v) is 26.4. The number of halogens is 3. The number of fused-ring (bicyclic) bond motifs is 1. The van der Waals surface area contributed by atoms with Crippen molar-refractivity contribution in [1.29, 1.82) is 10.5 Å². The van der Waals surface area contributed by atoms with Crippen molar-refractivity contribution in [2.45, 2.75) is 77.2 Å². The number of ether oxygens (including phenoxy) is 2. The van der Waals surface area contributed by atoms with Crippen molar-refractivity contribution in [1.82, 2.24) is 14.5 Å². The molecule has 3 aromatic carbocycles. The van der Waals surface area contributed by atoms with Gasteiger partial charge in [-0.1, -0.05) is 12.8 Å². The lowest BCUT2D eigenvalue weighted by Crippen LogP contribution is -2.38. The van der Waals surface area contributed by atoms with Crippen LogP contribution in [0.5, 0.6) is 11.5 Å². The molecule has 0 amide bonds. The Hall–Kier alpha value is -5.07. The van der Waals surface area contributed by atoms with Crippen molar-refractivity contribution < 1.29 is 32.5 Å². The fourth-order valence-corrected chi connectivity index (χ4v) is 5.91. The molecule has 1 aliphatic rings. The molecule has 1 fully saturated rings. The molecule has 1 N–H and O–H groups in total. The zero-order chi connectivity index (χ0) is 34.0. The van der Waals surface area contributed by atoms with Gasteiger partial charge in [-0.2, -0.15) is 10.5 Å². The molecule has 2 heterocycles. The van der Waals surface area contributed by atoms with Crippen LogP contribution in [0.3, 0.4) is 0 Å². The second-order valence-electron chi connectivity index (χ2n) is 11.9. The van der Waals surface area contributed by atoms with Crippen LogP contribution >= 0.6 is 0 Å². The molecule has 4 aromatic rings. The molecule has 0 aliphatic carbocycles. The Balaban J connectivity index is 1.21. The molecule has 0 bridgehead atoms. The smallest absolute Gasteiger partial charge is 0.307 e. The van der Waals surface area contributed by atoms with E-state index in [1.54, 1.807) is 18.2 Å². The molecule has 0 unspecified atom stereocenters. The van der Waals surface area contributed by atoms with E-state index < -0.39 is 23.4 Å². The summed E-state index contributed by atoms with van der Waals surface area (Å²) >= 11 is 0. The number of piperidine rings is 1. The Morgan fingerprint density at radius 2 is 1.75 bits per heavy atom. The number of nitrogens with zero attached hydrogens (tertiary/aromatic N) is 5. The molecule has 1 aromatic heterocycles. The van der Waals surface area contributed by atoms with Crippen molar-refractivity contribution in [3.63, 3.8) is 0 Å². The summed E-state index contributed by atoms with van der Waals surface area (Å²) in [6.45, 7) is 2.23. The Kier molecular flexibility index (Phi) is 11.5. The van der Waals surface area contributed by atoms with Crippen LogP contribution in [-0.4, -0.2) is 44.7 Å². The molecular formula is C36H36F3N5O4. The number of unbranched alkanes of at least 4 members (excludes halogenated alkanes) is 4. The number of hydrogen-bond donors (Lipinski definition) is 1. The normalized spacial score (nSPS) is 13.7. The lowest BCUT2D eigenvalue weighted by atomic mass is 10.1. The van der Waals surface area contributed by atoms with Gasteiger partial charge in [-0.3, -0.25) is 9.69 Å². The number of rotatable bonds is 15. The van der Waals surface area contributed by atoms with Crippen LogP contribution in [0.2, 0.25) is 0 Å². The highest BCUT2D eigenvalue weighted by molar-refractivity contribution is 5.80. The topological polar surface area (TPSA) is 124 Å². The number of benzene rings is 3. The van der Waals surface area contributed by atoms with Crippen molar-refractivity contribution in [2.24, 2.45) is 0 Å². The second kappa shape index (κ2) is 16.2. The molecule has 1 aliphatic heterocycles. The Morgan fingerprint density at radius 3 is 2.48 bits per heavy atom. The largest absolute Gasteiger partial charge is 0.490 e. The summed E-state index contributed by atoms with van der Waals surface area (Å²) in [6, 6.07) is 15.1. The number of aromatic nitrogens is 2. The number of carboxylic acids is 1. The summed E-state index contributed by atoms with van der Waals surface area (Å²) in [6.07, 6.45) is 4.95. The van der Waals surface area contributed by atoms with Gasteiger partial charge in [0.1, 0.15) is 35.6 Å². The highest BCUT2D eigenvalue weighted by Gasteiger charge is 2.24. The van der Waals surface area contributed by atoms with E-state index in [1.807, 2.05) is 10.6 Å². The van der Waals surface area contributed by atoms with E-state index in [9.17, 15) is 18.7 Å². The summed E-state index contributed by atoms with van der Waals surface area (Å²) < 4.78 is 57.5. The van der Waals surface area contributed by atoms with Crippen LogP contribution in [0.25, 0.3) is 11.0 Å². The highest BCUT2D eigenvalue weighted by atomic mass is 19.1. The minimum atomic E-state index is -1.04.